The molecule has 1 saturated heterocycles. The van der Waals surface area contributed by atoms with Crippen molar-refractivity contribution in [2.45, 2.75) is 18.9 Å². The summed E-state index contributed by atoms with van der Waals surface area (Å²) in [6.45, 7) is 1.28. The van der Waals surface area contributed by atoms with Crippen LogP contribution in [0.4, 0.5) is 10.1 Å². The fourth-order valence-electron chi connectivity index (χ4n) is 3.09. The van der Waals surface area contributed by atoms with Gasteiger partial charge in [-0.1, -0.05) is 0 Å². The van der Waals surface area contributed by atoms with E-state index >= 15 is 0 Å². The second-order valence-electron chi connectivity index (χ2n) is 5.73. The molecule has 2 aromatic rings. The smallest absolute Gasteiger partial charge is 0.238 e. The van der Waals surface area contributed by atoms with E-state index in [-0.39, 0.29) is 11.7 Å². The first-order valence-corrected chi connectivity index (χ1v) is 7.54. The molecule has 5 heteroatoms. The minimum Gasteiger partial charge on any atom is -0.353 e. The third-order valence-corrected chi connectivity index (χ3v) is 4.16. The van der Waals surface area contributed by atoms with Crippen molar-refractivity contribution in [1.82, 2.24) is 9.47 Å². The number of aryl methyl sites for hydroxylation is 1. The molecule has 1 amide bonds. The predicted octanol–water partition coefficient (Wildman–Crippen LogP) is 2.94. The first-order valence-electron chi connectivity index (χ1n) is 7.54. The third kappa shape index (κ3) is 3.20. The second-order valence-corrected chi connectivity index (χ2v) is 5.73. The van der Waals surface area contributed by atoms with Gasteiger partial charge in [-0.3, -0.25) is 9.69 Å². The molecule has 0 spiro atoms. The summed E-state index contributed by atoms with van der Waals surface area (Å²) in [5, 5.41) is 2.82. The molecule has 1 aromatic carbocycles. The van der Waals surface area contributed by atoms with Gasteiger partial charge in [0.05, 0.1) is 12.6 Å². The van der Waals surface area contributed by atoms with Crippen LogP contribution in [0.3, 0.4) is 0 Å². The van der Waals surface area contributed by atoms with Crippen LogP contribution < -0.4 is 5.32 Å². The van der Waals surface area contributed by atoms with Gasteiger partial charge in [0.15, 0.2) is 0 Å². The molecular formula is C17H20FN3O. The van der Waals surface area contributed by atoms with Crippen LogP contribution in [0.1, 0.15) is 24.6 Å². The van der Waals surface area contributed by atoms with E-state index in [4.69, 9.17) is 0 Å². The normalized spacial score (nSPS) is 18.5. The van der Waals surface area contributed by atoms with Crippen LogP contribution in [0.2, 0.25) is 0 Å². The number of hydrogen-bond acceptors (Lipinski definition) is 2. The minimum atomic E-state index is -0.304. The van der Waals surface area contributed by atoms with Gasteiger partial charge in [0, 0.05) is 24.6 Å². The summed E-state index contributed by atoms with van der Waals surface area (Å²) in [5.74, 6) is -0.367. The minimum absolute atomic E-state index is 0.0623. The number of nitrogens with zero attached hydrogens (tertiary/aromatic N) is 2. The largest absolute Gasteiger partial charge is 0.353 e. The number of halogens is 1. The highest BCUT2D eigenvalue weighted by Gasteiger charge is 2.28. The Morgan fingerprint density at radius 3 is 2.77 bits per heavy atom. The highest BCUT2D eigenvalue weighted by atomic mass is 19.1. The van der Waals surface area contributed by atoms with E-state index in [2.05, 4.69) is 20.9 Å². The maximum atomic E-state index is 12.9. The Morgan fingerprint density at radius 2 is 2.09 bits per heavy atom. The first-order chi connectivity index (χ1) is 10.6. The molecule has 1 aliphatic heterocycles. The SMILES string of the molecule is Cn1cccc1[C@@H]1CCCN1CC(=O)Nc1ccc(F)cc1. The molecule has 116 valence electrons. The number of aromatic nitrogens is 1. The van der Waals surface area contributed by atoms with Gasteiger partial charge in [-0.25, -0.2) is 4.39 Å². The highest BCUT2D eigenvalue weighted by Crippen LogP contribution is 2.31. The fourth-order valence-corrected chi connectivity index (χ4v) is 3.09. The first kappa shape index (κ1) is 14.8. The molecule has 0 aliphatic carbocycles. The Hall–Kier alpha value is -2.14. The number of rotatable bonds is 4. The predicted molar refractivity (Wildman–Crippen MR) is 84.0 cm³/mol. The standard InChI is InChI=1S/C17H20FN3O/c1-20-10-2-4-15(20)16-5-3-11-21(16)12-17(22)19-14-8-6-13(18)7-9-14/h2,4,6-10,16H,3,5,11-12H2,1H3,(H,19,22)/t16-/m0/s1. The molecule has 1 atom stereocenters. The molecule has 0 saturated carbocycles. The monoisotopic (exact) mass is 301 g/mol. The van der Waals surface area contributed by atoms with Crippen molar-refractivity contribution >= 4 is 11.6 Å². The van der Waals surface area contributed by atoms with Gasteiger partial charge in [0.2, 0.25) is 5.91 Å². The van der Waals surface area contributed by atoms with E-state index in [0.717, 1.165) is 19.4 Å². The summed E-state index contributed by atoms with van der Waals surface area (Å²) >= 11 is 0. The number of hydrogen-bond donors (Lipinski definition) is 1. The molecule has 1 fully saturated rings. The maximum Gasteiger partial charge on any atom is 0.238 e. The Balaban J connectivity index is 1.63. The van der Waals surface area contributed by atoms with Crippen LogP contribution in [-0.2, 0) is 11.8 Å². The Kier molecular flexibility index (Phi) is 4.24. The van der Waals surface area contributed by atoms with Crippen LogP contribution >= 0.6 is 0 Å². The van der Waals surface area contributed by atoms with E-state index in [1.165, 1.54) is 17.8 Å². The average molecular weight is 301 g/mol. The molecule has 4 nitrogen and oxygen atoms in total. The molecule has 0 radical (unpaired) electrons. The number of nitrogens with one attached hydrogen (secondary N) is 1. The lowest BCUT2D eigenvalue weighted by Crippen LogP contribution is -2.33. The summed E-state index contributed by atoms with van der Waals surface area (Å²) < 4.78 is 15.0. The third-order valence-electron chi connectivity index (χ3n) is 4.16. The highest BCUT2D eigenvalue weighted by molar-refractivity contribution is 5.92. The zero-order valence-electron chi connectivity index (χ0n) is 12.6. The van der Waals surface area contributed by atoms with Crippen molar-refractivity contribution in [3.63, 3.8) is 0 Å². The molecule has 3 rings (SSSR count). The van der Waals surface area contributed by atoms with Crippen molar-refractivity contribution in [3.8, 4) is 0 Å². The van der Waals surface area contributed by atoms with Crippen LogP contribution in [0.5, 0.6) is 0 Å². The number of carbonyl (C=O) groups is 1. The quantitative estimate of drug-likeness (QED) is 0.943. The Bertz CT molecular complexity index is 650. The van der Waals surface area contributed by atoms with Crippen molar-refractivity contribution in [1.29, 1.82) is 0 Å². The molecule has 1 aromatic heterocycles. The van der Waals surface area contributed by atoms with Gasteiger partial charge in [0.1, 0.15) is 5.82 Å². The van der Waals surface area contributed by atoms with E-state index in [0.29, 0.717) is 18.3 Å². The Morgan fingerprint density at radius 1 is 1.32 bits per heavy atom. The van der Waals surface area contributed by atoms with Gasteiger partial charge in [-0.05, 0) is 55.8 Å². The van der Waals surface area contributed by atoms with Gasteiger partial charge in [-0.15, -0.1) is 0 Å². The van der Waals surface area contributed by atoms with E-state index < -0.39 is 0 Å². The summed E-state index contributed by atoms with van der Waals surface area (Å²) in [6, 6.07) is 10.3. The lowest BCUT2D eigenvalue weighted by Gasteiger charge is -2.24. The zero-order chi connectivity index (χ0) is 15.5. The van der Waals surface area contributed by atoms with Gasteiger partial charge in [-0.2, -0.15) is 0 Å². The summed E-state index contributed by atoms with van der Waals surface area (Å²) in [7, 11) is 2.03. The molecule has 22 heavy (non-hydrogen) atoms. The van der Waals surface area contributed by atoms with Crippen molar-refractivity contribution in [2.24, 2.45) is 7.05 Å². The van der Waals surface area contributed by atoms with Crippen LogP contribution in [-0.4, -0.2) is 28.5 Å². The lowest BCUT2D eigenvalue weighted by atomic mass is 10.1. The second kappa shape index (κ2) is 6.32. The van der Waals surface area contributed by atoms with Crippen molar-refractivity contribution in [3.05, 3.63) is 54.1 Å². The maximum absolute atomic E-state index is 12.9. The van der Waals surface area contributed by atoms with Gasteiger partial charge < -0.3 is 9.88 Å². The molecular weight excluding hydrogens is 281 g/mol. The zero-order valence-corrected chi connectivity index (χ0v) is 12.6. The molecule has 0 bridgehead atoms. The summed E-state index contributed by atoms with van der Waals surface area (Å²) in [4.78, 5) is 14.4. The molecule has 1 N–H and O–H groups in total. The topological polar surface area (TPSA) is 37.3 Å². The molecule has 2 heterocycles. The van der Waals surface area contributed by atoms with Crippen LogP contribution in [0.25, 0.3) is 0 Å². The van der Waals surface area contributed by atoms with Gasteiger partial charge >= 0.3 is 0 Å². The number of anilines is 1. The summed E-state index contributed by atoms with van der Waals surface area (Å²) in [6.07, 6.45) is 4.20. The lowest BCUT2D eigenvalue weighted by molar-refractivity contribution is -0.117. The summed E-state index contributed by atoms with van der Waals surface area (Å²) in [5.41, 5.74) is 1.87. The van der Waals surface area contributed by atoms with Gasteiger partial charge in [0.25, 0.3) is 0 Å². The fraction of sp³-hybridized carbons (Fsp3) is 0.353. The number of amides is 1. The number of likely N-dealkylation sites (tertiary alicyclic amines) is 1. The van der Waals surface area contributed by atoms with Crippen LogP contribution in [0, 0.1) is 5.82 Å². The average Bonchev–Trinajstić information content (AvgIpc) is 3.10. The van der Waals surface area contributed by atoms with E-state index in [9.17, 15) is 9.18 Å². The van der Waals surface area contributed by atoms with E-state index in [1.54, 1.807) is 12.1 Å². The molecule has 1 aliphatic rings. The van der Waals surface area contributed by atoms with Crippen molar-refractivity contribution < 1.29 is 9.18 Å². The van der Waals surface area contributed by atoms with Crippen LogP contribution in [0.15, 0.2) is 42.6 Å². The van der Waals surface area contributed by atoms with Crippen molar-refractivity contribution in [2.75, 3.05) is 18.4 Å². The molecule has 0 unspecified atom stereocenters. The number of benzene rings is 1. The van der Waals surface area contributed by atoms with E-state index in [1.807, 2.05) is 19.3 Å². The number of carbonyl (C=O) groups excluding carboxylic acids is 1. The Labute approximate surface area is 129 Å².